The quantitative estimate of drug-likeness (QED) is 0.828. The number of thiophene rings is 1. The van der Waals surface area contributed by atoms with Crippen molar-refractivity contribution in [2.75, 3.05) is 19.6 Å². The molecule has 128 valence electrons. The fourth-order valence-corrected chi connectivity index (χ4v) is 4.87. The van der Waals surface area contributed by atoms with E-state index in [4.69, 9.17) is 4.98 Å². The number of likely N-dealkylation sites (tertiary alicyclic amines) is 2. The molecule has 0 radical (unpaired) electrons. The molecule has 0 spiro atoms. The van der Waals surface area contributed by atoms with E-state index >= 15 is 0 Å². The van der Waals surface area contributed by atoms with Crippen LogP contribution < -0.4 is 0 Å². The maximum atomic E-state index is 4.97. The molecule has 2 fully saturated rings. The van der Waals surface area contributed by atoms with Crippen LogP contribution in [0.3, 0.4) is 0 Å². The van der Waals surface area contributed by atoms with E-state index in [2.05, 4.69) is 33.8 Å². The number of hydrogen-bond donors (Lipinski definition) is 0. The lowest BCUT2D eigenvalue weighted by Gasteiger charge is -2.24. The van der Waals surface area contributed by atoms with Gasteiger partial charge < -0.3 is 0 Å². The van der Waals surface area contributed by atoms with Crippen molar-refractivity contribution >= 4 is 11.3 Å². The highest BCUT2D eigenvalue weighted by molar-refractivity contribution is 7.11. The van der Waals surface area contributed by atoms with Gasteiger partial charge in [0.05, 0.1) is 17.4 Å². The van der Waals surface area contributed by atoms with Crippen molar-refractivity contribution in [2.45, 2.75) is 51.7 Å². The van der Waals surface area contributed by atoms with E-state index < -0.39 is 0 Å². The summed E-state index contributed by atoms with van der Waals surface area (Å²) >= 11 is 1.91. The third-order valence-corrected chi connectivity index (χ3v) is 6.13. The maximum absolute atomic E-state index is 4.97. The molecule has 2 aliphatic rings. The van der Waals surface area contributed by atoms with Gasteiger partial charge in [-0.05, 0) is 64.4 Å². The summed E-state index contributed by atoms with van der Waals surface area (Å²) in [5.41, 5.74) is 2.30. The van der Waals surface area contributed by atoms with E-state index in [0.29, 0.717) is 6.04 Å². The van der Waals surface area contributed by atoms with E-state index in [9.17, 15) is 0 Å². The predicted octanol–water partition coefficient (Wildman–Crippen LogP) is 3.78. The third kappa shape index (κ3) is 3.68. The van der Waals surface area contributed by atoms with Crippen molar-refractivity contribution in [3.05, 3.63) is 45.7 Å². The first-order valence-electron chi connectivity index (χ1n) is 9.10. The average molecular weight is 343 g/mol. The Labute approximate surface area is 148 Å². The molecule has 4 heterocycles. The molecule has 2 aliphatic heterocycles. The van der Waals surface area contributed by atoms with Gasteiger partial charge in [-0.25, -0.2) is 0 Å². The maximum Gasteiger partial charge on any atom is 0.0762 e. The normalized spacial score (nSPS) is 22.5. The summed E-state index contributed by atoms with van der Waals surface area (Å²) in [6, 6.07) is 4.92. The van der Waals surface area contributed by atoms with Gasteiger partial charge in [0.15, 0.2) is 0 Å². The molecule has 2 aromatic rings. The summed E-state index contributed by atoms with van der Waals surface area (Å²) in [7, 11) is 0. The van der Waals surface area contributed by atoms with Crippen LogP contribution in [0.15, 0.2) is 24.5 Å². The molecule has 0 aliphatic carbocycles. The lowest BCUT2D eigenvalue weighted by Crippen LogP contribution is -2.24. The molecule has 2 saturated heterocycles. The van der Waals surface area contributed by atoms with Crippen molar-refractivity contribution in [2.24, 2.45) is 0 Å². The Balaban J connectivity index is 1.47. The van der Waals surface area contributed by atoms with Gasteiger partial charge >= 0.3 is 0 Å². The van der Waals surface area contributed by atoms with Gasteiger partial charge in [-0.1, -0.05) is 0 Å². The van der Waals surface area contributed by atoms with Gasteiger partial charge in [0.1, 0.15) is 0 Å². The molecular weight excluding hydrogens is 316 g/mol. The summed E-state index contributed by atoms with van der Waals surface area (Å²) in [4.78, 5) is 17.4. The molecule has 1 unspecified atom stereocenters. The lowest BCUT2D eigenvalue weighted by molar-refractivity contribution is 0.245. The number of aryl methyl sites for hydroxylation is 1. The minimum Gasteiger partial charge on any atom is -0.297 e. The zero-order valence-corrected chi connectivity index (χ0v) is 15.3. The number of rotatable bonds is 5. The minimum atomic E-state index is 0.429. The van der Waals surface area contributed by atoms with Gasteiger partial charge in [0, 0.05) is 35.2 Å². The highest BCUT2D eigenvalue weighted by Gasteiger charge is 2.28. The van der Waals surface area contributed by atoms with Gasteiger partial charge in [-0.3, -0.25) is 19.8 Å². The Morgan fingerprint density at radius 1 is 1.08 bits per heavy atom. The van der Waals surface area contributed by atoms with Crippen molar-refractivity contribution in [1.29, 1.82) is 0 Å². The largest absolute Gasteiger partial charge is 0.297 e. The molecule has 5 heteroatoms. The van der Waals surface area contributed by atoms with E-state index in [1.54, 1.807) is 0 Å². The fraction of sp³-hybridized carbons (Fsp3) is 0.579. The zero-order valence-electron chi connectivity index (χ0n) is 14.4. The smallest absolute Gasteiger partial charge is 0.0762 e. The second-order valence-electron chi connectivity index (χ2n) is 7.06. The molecule has 0 bridgehead atoms. The van der Waals surface area contributed by atoms with Crippen LogP contribution in [0.25, 0.3) is 0 Å². The van der Waals surface area contributed by atoms with E-state index in [1.165, 1.54) is 55.1 Å². The first-order chi connectivity index (χ1) is 11.8. The number of aromatic nitrogens is 2. The van der Waals surface area contributed by atoms with Crippen molar-refractivity contribution in [3.8, 4) is 0 Å². The standard InChI is InChI=1S/C19H26N4S/c1-15-6-7-17(24-15)14-23-10-4-5-19(23)18-12-20-11-16(21-18)13-22-8-2-3-9-22/h6-7,11-12,19H,2-5,8-10,13-14H2,1H3. The molecule has 4 rings (SSSR count). The second kappa shape index (κ2) is 7.30. The summed E-state index contributed by atoms with van der Waals surface area (Å²) in [5, 5.41) is 0. The molecule has 0 N–H and O–H groups in total. The topological polar surface area (TPSA) is 32.3 Å². The molecule has 0 saturated carbocycles. The molecule has 24 heavy (non-hydrogen) atoms. The van der Waals surface area contributed by atoms with Gasteiger partial charge in [-0.15, -0.1) is 11.3 Å². The third-order valence-electron chi connectivity index (χ3n) is 5.15. The average Bonchev–Trinajstić information content (AvgIpc) is 3.31. The Morgan fingerprint density at radius 3 is 2.75 bits per heavy atom. The summed E-state index contributed by atoms with van der Waals surface area (Å²) in [6.45, 7) is 7.76. The zero-order chi connectivity index (χ0) is 16.4. The van der Waals surface area contributed by atoms with Crippen LogP contribution in [-0.4, -0.2) is 39.4 Å². The Kier molecular flexibility index (Phi) is 4.92. The molecular formula is C19H26N4S. The van der Waals surface area contributed by atoms with Crippen LogP contribution in [-0.2, 0) is 13.1 Å². The second-order valence-corrected chi connectivity index (χ2v) is 8.43. The molecule has 2 aromatic heterocycles. The number of nitrogens with zero attached hydrogens (tertiary/aromatic N) is 4. The number of hydrogen-bond acceptors (Lipinski definition) is 5. The van der Waals surface area contributed by atoms with E-state index in [1.807, 2.05) is 23.7 Å². The van der Waals surface area contributed by atoms with Crippen LogP contribution in [0.4, 0.5) is 0 Å². The van der Waals surface area contributed by atoms with Crippen molar-refractivity contribution < 1.29 is 0 Å². The van der Waals surface area contributed by atoms with Crippen LogP contribution in [0.1, 0.15) is 52.9 Å². The Hall–Kier alpha value is -1.30. The lowest BCUT2D eigenvalue weighted by atomic mass is 10.1. The minimum absolute atomic E-state index is 0.429. The summed E-state index contributed by atoms with van der Waals surface area (Å²) < 4.78 is 0. The van der Waals surface area contributed by atoms with E-state index in [-0.39, 0.29) is 0 Å². The van der Waals surface area contributed by atoms with Crippen LogP contribution >= 0.6 is 11.3 Å². The first-order valence-corrected chi connectivity index (χ1v) is 9.92. The van der Waals surface area contributed by atoms with Crippen molar-refractivity contribution in [3.63, 3.8) is 0 Å². The van der Waals surface area contributed by atoms with Gasteiger partial charge in [-0.2, -0.15) is 0 Å². The monoisotopic (exact) mass is 342 g/mol. The molecule has 4 nitrogen and oxygen atoms in total. The molecule has 1 atom stereocenters. The van der Waals surface area contributed by atoms with Gasteiger partial charge in [0.2, 0.25) is 0 Å². The Morgan fingerprint density at radius 2 is 1.96 bits per heavy atom. The van der Waals surface area contributed by atoms with Crippen LogP contribution in [0.5, 0.6) is 0 Å². The van der Waals surface area contributed by atoms with Gasteiger partial charge in [0.25, 0.3) is 0 Å². The van der Waals surface area contributed by atoms with Crippen LogP contribution in [0, 0.1) is 6.92 Å². The highest BCUT2D eigenvalue weighted by atomic mass is 32.1. The van der Waals surface area contributed by atoms with Crippen LogP contribution in [0.2, 0.25) is 0 Å². The van der Waals surface area contributed by atoms with Crippen molar-refractivity contribution in [1.82, 2.24) is 19.8 Å². The summed E-state index contributed by atoms with van der Waals surface area (Å²) in [5.74, 6) is 0. The van der Waals surface area contributed by atoms with E-state index in [0.717, 1.165) is 24.5 Å². The molecule has 0 amide bonds. The SMILES string of the molecule is Cc1ccc(CN2CCCC2c2cncc(CN3CCCC3)n2)s1. The Bertz CT molecular complexity index is 678. The predicted molar refractivity (Wildman–Crippen MR) is 98.0 cm³/mol. The molecule has 0 aromatic carbocycles. The first kappa shape index (κ1) is 16.2. The highest BCUT2D eigenvalue weighted by Crippen LogP contribution is 2.33. The fourth-order valence-electron chi connectivity index (χ4n) is 3.95. The summed E-state index contributed by atoms with van der Waals surface area (Å²) in [6.07, 6.45) is 9.03.